The van der Waals surface area contributed by atoms with Crippen LogP contribution in [0.2, 0.25) is 5.02 Å². The first kappa shape index (κ1) is 19.7. The lowest BCUT2D eigenvalue weighted by molar-refractivity contribution is 0.0968. The lowest BCUT2D eigenvalue weighted by Gasteiger charge is -2.08. The molecular weight excluding hydrogens is 404 g/mol. The minimum absolute atomic E-state index is 0.212. The predicted molar refractivity (Wildman–Crippen MR) is 114 cm³/mol. The fraction of sp³-hybridized carbons (Fsp3) is 0.143. The summed E-state index contributed by atoms with van der Waals surface area (Å²) in [6, 6.07) is 13.1. The van der Waals surface area contributed by atoms with Gasteiger partial charge >= 0.3 is 11.8 Å². The average Bonchev–Trinajstić information content (AvgIpc) is 3.32. The van der Waals surface area contributed by atoms with Gasteiger partial charge in [-0.15, -0.1) is 10.2 Å². The van der Waals surface area contributed by atoms with E-state index in [1.807, 2.05) is 48.9 Å². The molecule has 4 N–H and O–H groups in total. The number of nitrogen functional groups attached to an aromatic ring is 1. The van der Waals surface area contributed by atoms with E-state index in [4.69, 9.17) is 27.5 Å². The molecule has 0 aliphatic heterocycles. The zero-order valence-electron chi connectivity index (χ0n) is 16.4. The van der Waals surface area contributed by atoms with Gasteiger partial charge in [0.25, 0.3) is 0 Å². The van der Waals surface area contributed by atoms with Crippen LogP contribution in [0.3, 0.4) is 0 Å². The Hall–Kier alpha value is -3.65. The van der Waals surface area contributed by atoms with Gasteiger partial charge < -0.3 is 15.9 Å². The smallest absolute Gasteiger partial charge is 0.306 e. The van der Waals surface area contributed by atoms with E-state index in [0.29, 0.717) is 22.7 Å². The second kappa shape index (κ2) is 7.64. The first-order valence-corrected chi connectivity index (χ1v) is 9.54. The highest BCUT2D eigenvalue weighted by molar-refractivity contribution is 6.33. The molecule has 9 heteroatoms. The largest absolute Gasteiger partial charge is 0.412 e. The number of anilines is 1. The molecule has 2 aromatic heterocycles. The van der Waals surface area contributed by atoms with Crippen LogP contribution in [0.25, 0.3) is 17.1 Å². The number of hydrogen-bond acceptors (Lipinski definition) is 6. The van der Waals surface area contributed by atoms with Crippen molar-refractivity contribution in [2.75, 3.05) is 5.73 Å². The van der Waals surface area contributed by atoms with Crippen LogP contribution in [0.5, 0.6) is 0 Å². The molecule has 0 radical (unpaired) electrons. The first-order chi connectivity index (χ1) is 14.3. The van der Waals surface area contributed by atoms with Crippen molar-refractivity contribution in [1.82, 2.24) is 20.0 Å². The number of halogens is 1. The molecule has 8 nitrogen and oxygen atoms in total. The number of carbonyl (C=O) groups is 1. The van der Waals surface area contributed by atoms with E-state index in [-0.39, 0.29) is 11.8 Å². The number of amides is 1. The summed E-state index contributed by atoms with van der Waals surface area (Å²) in [5.74, 6) is -0.720. The van der Waals surface area contributed by atoms with Gasteiger partial charge in [0.2, 0.25) is 5.89 Å². The Morgan fingerprint density at radius 2 is 1.87 bits per heavy atom. The number of nitrogens with two attached hydrogens (primary N) is 2. The van der Waals surface area contributed by atoms with Gasteiger partial charge in [-0.3, -0.25) is 4.79 Å². The van der Waals surface area contributed by atoms with Gasteiger partial charge in [0.1, 0.15) is 0 Å². The monoisotopic (exact) mass is 422 g/mol. The highest BCUT2D eigenvalue weighted by atomic mass is 35.5. The van der Waals surface area contributed by atoms with Crippen molar-refractivity contribution < 1.29 is 9.21 Å². The molecule has 0 saturated carbocycles. The van der Waals surface area contributed by atoms with E-state index in [0.717, 1.165) is 28.2 Å². The number of nitrogens with zero attached hydrogens (tertiary/aromatic N) is 4. The van der Waals surface area contributed by atoms with Gasteiger partial charge in [0.15, 0.2) is 0 Å². The maximum Gasteiger partial charge on any atom is 0.306 e. The third-order valence-electron chi connectivity index (χ3n) is 4.89. The molecule has 2 aromatic carbocycles. The first-order valence-electron chi connectivity index (χ1n) is 9.16. The number of rotatable bonds is 5. The predicted octanol–water partition coefficient (Wildman–Crippen LogP) is 3.46. The molecule has 0 atom stereocenters. The van der Waals surface area contributed by atoms with Crippen LogP contribution >= 0.6 is 11.6 Å². The molecule has 1 amide bonds. The third kappa shape index (κ3) is 3.65. The summed E-state index contributed by atoms with van der Waals surface area (Å²) in [5.41, 5.74) is 17.2. The average molecular weight is 423 g/mol. The fourth-order valence-electron chi connectivity index (χ4n) is 3.24. The van der Waals surface area contributed by atoms with Crippen LogP contribution in [0.15, 0.2) is 46.9 Å². The Morgan fingerprint density at radius 3 is 2.50 bits per heavy atom. The Bertz CT molecular complexity index is 1240. The van der Waals surface area contributed by atoms with E-state index in [1.165, 1.54) is 0 Å². The quantitative estimate of drug-likeness (QED) is 0.474. The van der Waals surface area contributed by atoms with E-state index in [2.05, 4.69) is 15.3 Å². The van der Waals surface area contributed by atoms with Crippen molar-refractivity contribution in [1.29, 1.82) is 0 Å². The highest BCUT2D eigenvalue weighted by Crippen LogP contribution is 2.26. The molecule has 4 rings (SSSR count). The number of aromatic nitrogens is 4. The molecule has 4 aromatic rings. The van der Waals surface area contributed by atoms with Gasteiger partial charge in [-0.2, -0.15) is 5.10 Å². The van der Waals surface area contributed by atoms with Gasteiger partial charge in [-0.25, -0.2) is 4.68 Å². The molecule has 0 saturated heterocycles. The zero-order chi connectivity index (χ0) is 21.4. The Labute approximate surface area is 177 Å². The molecule has 0 fully saturated rings. The van der Waals surface area contributed by atoms with Crippen LogP contribution in [-0.4, -0.2) is 25.9 Å². The topological polar surface area (TPSA) is 126 Å². The number of carbonyl (C=O) groups excluding carboxylic acids is 1. The van der Waals surface area contributed by atoms with Gasteiger partial charge in [-0.1, -0.05) is 23.7 Å². The van der Waals surface area contributed by atoms with Crippen molar-refractivity contribution in [2.24, 2.45) is 5.73 Å². The van der Waals surface area contributed by atoms with Crippen LogP contribution in [-0.2, 0) is 6.42 Å². The minimum Gasteiger partial charge on any atom is -0.412 e. The van der Waals surface area contributed by atoms with Crippen LogP contribution in [0.4, 0.5) is 5.69 Å². The fourth-order valence-corrected chi connectivity index (χ4v) is 3.41. The molecule has 152 valence electrons. The lowest BCUT2D eigenvalue weighted by atomic mass is 10.0. The molecule has 0 spiro atoms. The summed E-state index contributed by atoms with van der Waals surface area (Å²) in [6.45, 7) is 4.01. The van der Waals surface area contributed by atoms with Crippen LogP contribution < -0.4 is 11.5 Å². The summed E-state index contributed by atoms with van der Waals surface area (Å²) in [4.78, 5) is 11.1. The second-order valence-corrected chi connectivity index (χ2v) is 7.32. The van der Waals surface area contributed by atoms with E-state index in [1.54, 1.807) is 12.1 Å². The van der Waals surface area contributed by atoms with E-state index in [9.17, 15) is 4.79 Å². The summed E-state index contributed by atoms with van der Waals surface area (Å²) < 4.78 is 7.14. The Kier molecular flexibility index (Phi) is 5.01. The van der Waals surface area contributed by atoms with Crippen molar-refractivity contribution in [3.8, 4) is 17.1 Å². The molecule has 0 aliphatic rings. The summed E-state index contributed by atoms with van der Waals surface area (Å²) >= 11 is 6.17. The normalized spacial score (nSPS) is 11.0. The number of benzene rings is 2. The van der Waals surface area contributed by atoms with Crippen molar-refractivity contribution in [2.45, 2.75) is 20.3 Å². The van der Waals surface area contributed by atoms with Crippen LogP contribution in [0, 0.1) is 13.8 Å². The van der Waals surface area contributed by atoms with Gasteiger partial charge in [0.05, 0.1) is 22.1 Å². The maximum atomic E-state index is 11.1. The second-order valence-electron chi connectivity index (χ2n) is 6.92. The molecule has 0 bridgehead atoms. The van der Waals surface area contributed by atoms with E-state index < -0.39 is 5.91 Å². The van der Waals surface area contributed by atoms with Crippen LogP contribution in [0.1, 0.15) is 33.2 Å². The Morgan fingerprint density at radius 1 is 1.13 bits per heavy atom. The van der Waals surface area contributed by atoms with Crippen molar-refractivity contribution in [3.05, 3.63) is 75.9 Å². The maximum absolute atomic E-state index is 11.1. The minimum atomic E-state index is -0.754. The number of hydrogen-bond donors (Lipinski definition) is 2. The third-order valence-corrected chi connectivity index (χ3v) is 5.21. The van der Waals surface area contributed by atoms with Crippen molar-refractivity contribution >= 4 is 23.2 Å². The van der Waals surface area contributed by atoms with Gasteiger partial charge in [-0.05, 0) is 49.7 Å². The molecule has 30 heavy (non-hydrogen) atoms. The van der Waals surface area contributed by atoms with Crippen molar-refractivity contribution in [3.63, 3.8) is 0 Å². The van der Waals surface area contributed by atoms with Gasteiger partial charge in [0, 0.05) is 23.2 Å². The highest BCUT2D eigenvalue weighted by Gasteiger charge is 2.15. The molecule has 0 aliphatic carbocycles. The summed E-state index contributed by atoms with van der Waals surface area (Å²) in [7, 11) is 0. The molecule has 2 heterocycles. The Balaban J connectivity index is 1.59. The number of aryl methyl sites for hydroxylation is 1. The SMILES string of the molecule is Cc1nn(-c2ccc(N)c(Cl)c2)c(C)c1Cc1ccc(-c2nnc(C(N)=O)o2)cc1. The zero-order valence-corrected chi connectivity index (χ0v) is 17.1. The van der Waals surface area contributed by atoms with E-state index >= 15 is 0 Å². The molecular formula is C21H19ClN6O2. The number of primary amides is 1. The lowest BCUT2D eigenvalue weighted by Crippen LogP contribution is -2.10. The molecule has 0 unspecified atom stereocenters. The summed E-state index contributed by atoms with van der Waals surface area (Å²) in [5, 5.41) is 12.6. The standard InChI is InChI=1S/C21H19ClN6O2/c1-11-16(12(2)28(27-11)15-7-8-18(23)17(22)10-15)9-13-3-5-14(6-4-13)20-25-26-21(30-20)19(24)29/h3-8,10H,9,23H2,1-2H3,(H2,24,29). The summed E-state index contributed by atoms with van der Waals surface area (Å²) in [6.07, 6.45) is 0.705.